The van der Waals surface area contributed by atoms with Gasteiger partial charge >= 0.3 is 5.97 Å². The van der Waals surface area contributed by atoms with Crippen molar-refractivity contribution >= 4 is 51.4 Å². The zero-order chi connectivity index (χ0) is 21.7. The molecule has 0 saturated heterocycles. The highest BCUT2D eigenvalue weighted by molar-refractivity contribution is 7.17. The van der Waals surface area contributed by atoms with Crippen LogP contribution in [0.4, 0.5) is 5.00 Å². The van der Waals surface area contributed by atoms with Gasteiger partial charge in [-0.1, -0.05) is 30.1 Å². The van der Waals surface area contributed by atoms with Crippen LogP contribution in [0, 0.1) is 5.92 Å². The number of benzene rings is 1. The van der Waals surface area contributed by atoms with Crippen LogP contribution in [0.15, 0.2) is 18.2 Å². The monoisotopic (exact) mass is 469 g/mol. The molecular formula is C22H25Cl2NO4S. The maximum atomic E-state index is 12.5. The SMILES string of the molecule is CCOC(=O)c1c(NC(=O)CCCOc2ccc(Cl)cc2Cl)sc2c1CC[C@H](C)C2. The molecule has 1 aromatic carbocycles. The van der Waals surface area contributed by atoms with Crippen LogP contribution in [0.3, 0.4) is 0 Å². The summed E-state index contributed by atoms with van der Waals surface area (Å²) < 4.78 is 10.9. The molecule has 0 radical (unpaired) electrons. The molecule has 1 amide bonds. The average Bonchev–Trinajstić information content (AvgIpc) is 3.03. The van der Waals surface area contributed by atoms with Crippen LogP contribution in [0.1, 0.15) is 53.9 Å². The van der Waals surface area contributed by atoms with Crippen molar-refractivity contribution in [3.8, 4) is 5.75 Å². The molecule has 3 rings (SSSR count). The van der Waals surface area contributed by atoms with Crippen LogP contribution in [0.2, 0.25) is 10.0 Å². The molecule has 2 aromatic rings. The molecule has 1 aromatic heterocycles. The maximum absolute atomic E-state index is 12.5. The smallest absolute Gasteiger partial charge is 0.341 e. The fourth-order valence-corrected chi connectivity index (χ4v) is 5.33. The molecular weight excluding hydrogens is 445 g/mol. The van der Waals surface area contributed by atoms with E-state index in [0.717, 1.165) is 24.8 Å². The van der Waals surface area contributed by atoms with Crippen molar-refractivity contribution in [3.63, 3.8) is 0 Å². The first-order valence-electron chi connectivity index (χ1n) is 10.1. The number of nitrogens with one attached hydrogen (secondary N) is 1. The largest absolute Gasteiger partial charge is 0.492 e. The topological polar surface area (TPSA) is 64.6 Å². The number of esters is 1. The Morgan fingerprint density at radius 2 is 2.10 bits per heavy atom. The fraction of sp³-hybridized carbons (Fsp3) is 0.455. The Balaban J connectivity index is 1.59. The molecule has 0 saturated carbocycles. The number of hydrogen-bond donors (Lipinski definition) is 1. The van der Waals surface area contributed by atoms with E-state index < -0.39 is 0 Å². The molecule has 0 spiro atoms. The molecule has 1 heterocycles. The number of rotatable bonds is 8. The Hall–Kier alpha value is -1.76. The lowest BCUT2D eigenvalue weighted by atomic mass is 9.88. The van der Waals surface area contributed by atoms with Gasteiger partial charge in [0.2, 0.25) is 5.91 Å². The number of hydrogen-bond acceptors (Lipinski definition) is 5. The zero-order valence-electron chi connectivity index (χ0n) is 17.1. The normalized spacial score (nSPS) is 15.4. The summed E-state index contributed by atoms with van der Waals surface area (Å²) in [6.07, 6.45) is 3.59. The van der Waals surface area contributed by atoms with E-state index in [4.69, 9.17) is 32.7 Å². The van der Waals surface area contributed by atoms with E-state index in [-0.39, 0.29) is 18.3 Å². The van der Waals surface area contributed by atoms with E-state index in [1.165, 1.54) is 16.2 Å². The van der Waals surface area contributed by atoms with Crippen LogP contribution in [-0.4, -0.2) is 25.1 Å². The summed E-state index contributed by atoms with van der Waals surface area (Å²) in [5.74, 6) is 0.594. The van der Waals surface area contributed by atoms with Gasteiger partial charge in [0.15, 0.2) is 0 Å². The summed E-state index contributed by atoms with van der Waals surface area (Å²) in [7, 11) is 0. The van der Waals surface area contributed by atoms with Crippen LogP contribution >= 0.6 is 34.5 Å². The molecule has 1 aliphatic rings. The lowest BCUT2D eigenvalue weighted by Gasteiger charge is -2.18. The Kier molecular flexibility index (Phi) is 8.03. The van der Waals surface area contributed by atoms with E-state index in [1.54, 1.807) is 25.1 Å². The Labute approximate surface area is 190 Å². The highest BCUT2D eigenvalue weighted by Crippen LogP contribution is 2.40. The number of ether oxygens (including phenoxy) is 2. The van der Waals surface area contributed by atoms with Crippen molar-refractivity contribution < 1.29 is 19.1 Å². The summed E-state index contributed by atoms with van der Waals surface area (Å²) in [5.41, 5.74) is 1.56. The van der Waals surface area contributed by atoms with Crippen molar-refractivity contribution in [2.75, 3.05) is 18.5 Å². The molecule has 1 N–H and O–H groups in total. The van der Waals surface area contributed by atoms with Crippen LogP contribution in [0.5, 0.6) is 5.75 Å². The molecule has 8 heteroatoms. The molecule has 30 heavy (non-hydrogen) atoms. The zero-order valence-corrected chi connectivity index (χ0v) is 19.4. The molecule has 162 valence electrons. The average molecular weight is 470 g/mol. The Morgan fingerprint density at radius 1 is 1.30 bits per heavy atom. The number of amides is 1. The van der Waals surface area contributed by atoms with Gasteiger partial charge in [-0.3, -0.25) is 4.79 Å². The minimum atomic E-state index is -0.361. The minimum absolute atomic E-state index is 0.155. The highest BCUT2D eigenvalue weighted by atomic mass is 35.5. The van der Waals surface area contributed by atoms with E-state index in [0.29, 0.717) is 51.9 Å². The van der Waals surface area contributed by atoms with Gasteiger partial charge in [-0.2, -0.15) is 0 Å². The van der Waals surface area contributed by atoms with Gasteiger partial charge in [-0.15, -0.1) is 11.3 Å². The number of anilines is 1. The maximum Gasteiger partial charge on any atom is 0.341 e. The molecule has 0 bridgehead atoms. The molecule has 0 fully saturated rings. The third-order valence-corrected chi connectivity index (χ3v) is 6.64. The quantitative estimate of drug-likeness (QED) is 0.371. The minimum Gasteiger partial charge on any atom is -0.492 e. The third-order valence-electron chi connectivity index (χ3n) is 4.94. The van der Waals surface area contributed by atoms with Crippen molar-refractivity contribution in [1.82, 2.24) is 0 Å². The number of carbonyl (C=O) groups excluding carboxylic acids is 2. The van der Waals surface area contributed by atoms with Gasteiger partial charge in [0.05, 0.1) is 23.8 Å². The van der Waals surface area contributed by atoms with Gasteiger partial charge in [0, 0.05) is 16.3 Å². The summed E-state index contributed by atoms with van der Waals surface area (Å²) in [6.45, 7) is 4.64. The van der Waals surface area contributed by atoms with Gasteiger partial charge in [0.25, 0.3) is 0 Å². The second-order valence-corrected chi connectivity index (χ2v) is 9.30. The number of fused-ring (bicyclic) bond motifs is 1. The first-order chi connectivity index (χ1) is 14.4. The number of halogens is 2. The van der Waals surface area contributed by atoms with E-state index in [2.05, 4.69) is 12.2 Å². The standard InChI is InChI=1S/C22H25Cl2NO4S/c1-3-28-22(27)20-15-8-6-13(2)11-18(15)30-21(20)25-19(26)5-4-10-29-17-9-7-14(23)12-16(17)24/h7,9,12-13H,3-6,8,10-11H2,1-2H3,(H,25,26)/t13-/m0/s1. The van der Waals surface area contributed by atoms with Crippen LogP contribution < -0.4 is 10.1 Å². The predicted octanol–water partition coefficient (Wildman–Crippen LogP) is 6.15. The second-order valence-electron chi connectivity index (χ2n) is 7.35. The van der Waals surface area contributed by atoms with E-state index in [1.807, 2.05) is 0 Å². The number of carbonyl (C=O) groups is 2. The second kappa shape index (κ2) is 10.5. The molecule has 0 aliphatic heterocycles. The first-order valence-corrected chi connectivity index (χ1v) is 11.7. The van der Waals surface area contributed by atoms with Crippen molar-refractivity contribution in [1.29, 1.82) is 0 Å². The van der Waals surface area contributed by atoms with Gasteiger partial charge < -0.3 is 14.8 Å². The van der Waals surface area contributed by atoms with Crippen molar-refractivity contribution in [3.05, 3.63) is 44.2 Å². The third kappa shape index (κ3) is 5.68. The van der Waals surface area contributed by atoms with E-state index in [9.17, 15) is 9.59 Å². The molecule has 1 aliphatic carbocycles. The van der Waals surface area contributed by atoms with Crippen LogP contribution in [0.25, 0.3) is 0 Å². The van der Waals surface area contributed by atoms with Gasteiger partial charge in [0.1, 0.15) is 10.8 Å². The summed E-state index contributed by atoms with van der Waals surface area (Å²) in [6, 6.07) is 5.01. The van der Waals surface area contributed by atoms with E-state index >= 15 is 0 Å². The molecule has 0 unspecified atom stereocenters. The number of thiophene rings is 1. The fourth-order valence-electron chi connectivity index (χ4n) is 3.45. The Morgan fingerprint density at radius 3 is 2.83 bits per heavy atom. The Bertz CT molecular complexity index is 928. The lowest BCUT2D eigenvalue weighted by molar-refractivity contribution is -0.116. The summed E-state index contributed by atoms with van der Waals surface area (Å²) in [4.78, 5) is 26.2. The van der Waals surface area contributed by atoms with Crippen molar-refractivity contribution in [2.24, 2.45) is 5.92 Å². The first kappa shape index (κ1) is 22.9. The lowest BCUT2D eigenvalue weighted by Crippen LogP contribution is -2.17. The molecule has 5 nitrogen and oxygen atoms in total. The van der Waals surface area contributed by atoms with Gasteiger partial charge in [-0.25, -0.2) is 4.79 Å². The summed E-state index contributed by atoms with van der Waals surface area (Å²) >= 11 is 13.4. The molecule has 1 atom stereocenters. The van der Waals surface area contributed by atoms with Gasteiger partial charge in [-0.05, 0) is 62.3 Å². The summed E-state index contributed by atoms with van der Waals surface area (Å²) in [5, 5.41) is 4.49. The predicted molar refractivity (Wildman–Crippen MR) is 121 cm³/mol. The highest BCUT2D eigenvalue weighted by Gasteiger charge is 2.29. The van der Waals surface area contributed by atoms with Crippen LogP contribution in [-0.2, 0) is 22.4 Å². The van der Waals surface area contributed by atoms with Crippen molar-refractivity contribution in [2.45, 2.75) is 46.0 Å².